The second-order valence-electron chi connectivity index (χ2n) is 5.61. The number of aromatic nitrogens is 1. The van der Waals surface area contributed by atoms with Crippen molar-refractivity contribution in [2.45, 2.75) is 45.8 Å². The lowest BCUT2D eigenvalue weighted by atomic mass is 10.1. The highest BCUT2D eigenvalue weighted by molar-refractivity contribution is 6.92. The zero-order chi connectivity index (χ0) is 14.6. The Hall–Kier alpha value is -1.41. The van der Waals surface area contributed by atoms with E-state index in [1.807, 2.05) is 12.3 Å². The van der Waals surface area contributed by atoms with Crippen molar-refractivity contribution in [3.05, 3.63) is 48.2 Å². The second-order valence-corrected chi connectivity index (χ2v) is 10.8. The number of rotatable bonds is 5. The fourth-order valence-electron chi connectivity index (χ4n) is 3.18. The Morgan fingerprint density at radius 1 is 0.950 bits per heavy atom. The topological polar surface area (TPSA) is 12.9 Å². The summed E-state index contributed by atoms with van der Waals surface area (Å²) in [6.45, 7) is 9.26. The van der Waals surface area contributed by atoms with Crippen LogP contribution in [0.4, 0.5) is 0 Å². The van der Waals surface area contributed by atoms with Gasteiger partial charge in [-0.05, 0) is 30.7 Å². The standard InChI is InChI=1S/C18H25NSi/c1-5-20(6-2,7-3)18-12-11-15(4)14-16(18)17-10-8-9-13-19-17/h8-14H,5-7H2,1-4H3. The van der Waals surface area contributed by atoms with E-state index in [1.165, 1.54) is 29.3 Å². The number of benzene rings is 1. The van der Waals surface area contributed by atoms with Crippen LogP contribution in [-0.4, -0.2) is 13.1 Å². The van der Waals surface area contributed by atoms with Crippen molar-refractivity contribution in [2.75, 3.05) is 0 Å². The second kappa shape index (κ2) is 6.36. The molecule has 0 unspecified atom stereocenters. The largest absolute Gasteiger partial charge is 0.256 e. The molecule has 0 spiro atoms. The lowest BCUT2D eigenvalue weighted by Crippen LogP contribution is -2.46. The predicted molar refractivity (Wildman–Crippen MR) is 91.2 cm³/mol. The summed E-state index contributed by atoms with van der Waals surface area (Å²) in [5.74, 6) is 0. The molecule has 0 N–H and O–H groups in total. The van der Waals surface area contributed by atoms with Crippen LogP contribution in [0.1, 0.15) is 26.3 Å². The zero-order valence-electron chi connectivity index (χ0n) is 13.1. The van der Waals surface area contributed by atoms with Crippen molar-refractivity contribution in [1.82, 2.24) is 4.98 Å². The zero-order valence-corrected chi connectivity index (χ0v) is 14.1. The lowest BCUT2D eigenvalue weighted by molar-refractivity contribution is 1.19. The quantitative estimate of drug-likeness (QED) is 0.720. The monoisotopic (exact) mass is 283 g/mol. The van der Waals surface area contributed by atoms with Crippen molar-refractivity contribution >= 4 is 13.3 Å². The Kier molecular flexibility index (Phi) is 4.76. The van der Waals surface area contributed by atoms with Gasteiger partial charge < -0.3 is 0 Å². The molecule has 0 radical (unpaired) electrons. The SMILES string of the molecule is CC[Si](CC)(CC)c1ccc(C)cc1-c1ccccn1. The Labute approximate surface area is 124 Å². The van der Waals surface area contributed by atoms with Crippen molar-refractivity contribution in [1.29, 1.82) is 0 Å². The molecule has 2 heteroatoms. The molecule has 106 valence electrons. The van der Waals surface area contributed by atoms with Crippen LogP contribution in [0.5, 0.6) is 0 Å². The minimum absolute atomic E-state index is 1.12. The van der Waals surface area contributed by atoms with Crippen LogP contribution in [0.15, 0.2) is 42.6 Å². The third-order valence-corrected chi connectivity index (χ3v) is 10.4. The summed E-state index contributed by atoms with van der Waals surface area (Å²) in [6, 6.07) is 17.1. The maximum Gasteiger partial charge on any atom is 0.0868 e. The third kappa shape index (κ3) is 2.71. The van der Waals surface area contributed by atoms with Gasteiger partial charge in [0.15, 0.2) is 0 Å². The normalized spacial score (nSPS) is 11.6. The van der Waals surface area contributed by atoms with Crippen LogP contribution in [0.2, 0.25) is 18.1 Å². The summed E-state index contributed by atoms with van der Waals surface area (Å²) in [4.78, 5) is 4.59. The molecular formula is C18H25NSi. The average Bonchev–Trinajstić information content (AvgIpc) is 2.51. The van der Waals surface area contributed by atoms with Crippen LogP contribution in [0.3, 0.4) is 0 Å². The van der Waals surface area contributed by atoms with E-state index < -0.39 is 8.07 Å². The molecule has 0 saturated heterocycles. The van der Waals surface area contributed by atoms with Gasteiger partial charge in [-0.15, -0.1) is 0 Å². The highest BCUT2D eigenvalue weighted by atomic mass is 28.3. The molecule has 0 aliphatic heterocycles. The molecule has 0 amide bonds. The van der Waals surface area contributed by atoms with Crippen LogP contribution in [-0.2, 0) is 0 Å². The first kappa shape index (κ1) is 15.0. The Morgan fingerprint density at radius 3 is 2.20 bits per heavy atom. The van der Waals surface area contributed by atoms with Gasteiger partial charge in [-0.2, -0.15) is 0 Å². The predicted octanol–water partition coefficient (Wildman–Crippen LogP) is 4.77. The van der Waals surface area contributed by atoms with Gasteiger partial charge in [0.1, 0.15) is 0 Å². The Balaban J connectivity index is 2.65. The molecule has 0 fully saturated rings. The number of aryl methyl sites for hydroxylation is 1. The first-order chi connectivity index (χ1) is 9.66. The first-order valence-corrected chi connectivity index (χ1v) is 10.3. The van der Waals surface area contributed by atoms with Gasteiger partial charge in [-0.1, -0.05) is 67.9 Å². The number of pyridine rings is 1. The van der Waals surface area contributed by atoms with Crippen molar-refractivity contribution in [3.63, 3.8) is 0 Å². The maximum absolute atomic E-state index is 4.59. The first-order valence-electron chi connectivity index (χ1n) is 7.69. The molecule has 0 saturated carbocycles. The van der Waals surface area contributed by atoms with Crippen molar-refractivity contribution < 1.29 is 0 Å². The number of hydrogen-bond acceptors (Lipinski definition) is 1. The van der Waals surface area contributed by atoms with E-state index in [9.17, 15) is 0 Å². The minimum Gasteiger partial charge on any atom is -0.256 e. The number of nitrogens with zero attached hydrogens (tertiary/aromatic N) is 1. The third-order valence-electron chi connectivity index (χ3n) is 4.72. The van der Waals surface area contributed by atoms with Crippen LogP contribution in [0.25, 0.3) is 11.3 Å². The van der Waals surface area contributed by atoms with E-state index in [2.05, 4.69) is 63.0 Å². The van der Waals surface area contributed by atoms with E-state index in [0.717, 1.165) is 5.69 Å². The fraction of sp³-hybridized carbons (Fsp3) is 0.389. The summed E-state index contributed by atoms with van der Waals surface area (Å²) < 4.78 is 0. The summed E-state index contributed by atoms with van der Waals surface area (Å²) >= 11 is 0. The molecule has 0 aliphatic carbocycles. The lowest BCUT2D eigenvalue weighted by Gasteiger charge is -2.31. The summed E-state index contributed by atoms with van der Waals surface area (Å²) in [5.41, 5.74) is 3.81. The minimum atomic E-state index is -1.38. The molecule has 1 aromatic carbocycles. The molecule has 1 aromatic heterocycles. The molecule has 0 bridgehead atoms. The smallest absolute Gasteiger partial charge is 0.0868 e. The van der Waals surface area contributed by atoms with E-state index in [0.29, 0.717) is 0 Å². The van der Waals surface area contributed by atoms with E-state index in [4.69, 9.17) is 0 Å². The molecule has 1 heterocycles. The highest BCUT2D eigenvalue weighted by Gasteiger charge is 2.31. The van der Waals surface area contributed by atoms with Crippen molar-refractivity contribution in [3.8, 4) is 11.3 Å². The summed E-state index contributed by atoms with van der Waals surface area (Å²) in [6.07, 6.45) is 1.90. The Morgan fingerprint density at radius 2 is 1.65 bits per heavy atom. The Bertz CT molecular complexity index is 551. The van der Waals surface area contributed by atoms with Gasteiger partial charge in [-0.3, -0.25) is 4.98 Å². The van der Waals surface area contributed by atoms with Gasteiger partial charge in [0.2, 0.25) is 0 Å². The van der Waals surface area contributed by atoms with E-state index >= 15 is 0 Å². The molecule has 1 nitrogen and oxygen atoms in total. The van der Waals surface area contributed by atoms with E-state index in [1.54, 1.807) is 5.19 Å². The van der Waals surface area contributed by atoms with E-state index in [-0.39, 0.29) is 0 Å². The summed E-state index contributed by atoms with van der Waals surface area (Å²) in [7, 11) is -1.38. The van der Waals surface area contributed by atoms with Gasteiger partial charge in [0.05, 0.1) is 13.8 Å². The van der Waals surface area contributed by atoms with Gasteiger partial charge >= 0.3 is 0 Å². The molecule has 20 heavy (non-hydrogen) atoms. The molecule has 0 atom stereocenters. The fourth-order valence-corrected chi connectivity index (χ4v) is 7.03. The summed E-state index contributed by atoms with van der Waals surface area (Å²) in [5, 5.41) is 1.59. The molecular weight excluding hydrogens is 258 g/mol. The van der Waals surface area contributed by atoms with Gasteiger partial charge in [0, 0.05) is 6.20 Å². The average molecular weight is 283 g/mol. The molecule has 0 aliphatic rings. The van der Waals surface area contributed by atoms with Crippen LogP contribution < -0.4 is 5.19 Å². The molecule has 2 rings (SSSR count). The number of hydrogen-bond donors (Lipinski definition) is 0. The maximum atomic E-state index is 4.59. The van der Waals surface area contributed by atoms with Crippen molar-refractivity contribution in [2.24, 2.45) is 0 Å². The van der Waals surface area contributed by atoms with Gasteiger partial charge in [0.25, 0.3) is 0 Å². The van der Waals surface area contributed by atoms with Crippen LogP contribution >= 0.6 is 0 Å². The highest BCUT2D eigenvalue weighted by Crippen LogP contribution is 2.26. The molecule has 2 aromatic rings. The van der Waals surface area contributed by atoms with Crippen LogP contribution in [0, 0.1) is 6.92 Å². The van der Waals surface area contributed by atoms with Gasteiger partial charge in [-0.25, -0.2) is 0 Å².